The SMILES string of the molecule is Cc1nc(NC(=O)/C=C/c2cnc3ccccc3n2)sc1C. The predicted molar refractivity (Wildman–Crippen MR) is 88.8 cm³/mol. The Morgan fingerprint density at radius 1 is 1.18 bits per heavy atom. The number of amides is 1. The summed E-state index contributed by atoms with van der Waals surface area (Å²) in [6.07, 6.45) is 4.72. The third-order valence-electron chi connectivity index (χ3n) is 3.13. The average Bonchev–Trinajstić information content (AvgIpc) is 2.83. The molecule has 0 fully saturated rings. The second-order valence-electron chi connectivity index (χ2n) is 4.77. The number of aromatic nitrogens is 3. The van der Waals surface area contributed by atoms with Crippen LogP contribution in [0.2, 0.25) is 0 Å². The van der Waals surface area contributed by atoms with Crippen molar-refractivity contribution >= 4 is 39.5 Å². The number of nitrogens with one attached hydrogen (secondary N) is 1. The van der Waals surface area contributed by atoms with Crippen molar-refractivity contribution in [3.05, 3.63) is 52.8 Å². The molecule has 0 aliphatic rings. The van der Waals surface area contributed by atoms with Crippen LogP contribution >= 0.6 is 11.3 Å². The summed E-state index contributed by atoms with van der Waals surface area (Å²) in [4.78, 5) is 26.0. The molecular formula is C16H14N4OS. The van der Waals surface area contributed by atoms with Crippen LogP contribution in [0.25, 0.3) is 17.1 Å². The quantitative estimate of drug-likeness (QED) is 0.753. The molecule has 2 heterocycles. The zero-order chi connectivity index (χ0) is 15.5. The molecule has 0 saturated heterocycles. The van der Waals surface area contributed by atoms with Crippen molar-refractivity contribution in [1.82, 2.24) is 15.0 Å². The van der Waals surface area contributed by atoms with Crippen LogP contribution < -0.4 is 5.32 Å². The van der Waals surface area contributed by atoms with E-state index in [1.807, 2.05) is 38.1 Å². The van der Waals surface area contributed by atoms with Gasteiger partial charge >= 0.3 is 0 Å². The first-order valence-electron chi connectivity index (χ1n) is 6.77. The molecule has 6 heteroatoms. The number of hydrogen-bond donors (Lipinski definition) is 1. The fourth-order valence-corrected chi connectivity index (χ4v) is 2.70. The van der Waals surface area contributed by atoms with Crippen LogP contribution in [0.5, 0.6) is 0 Å². The molecule has 22 heavy (non-hydrogen) atoms. The molecule has 3 rings (SSSR count). The molecule has 0 saturated carbocycles. The number of nitrogens with zero attached hydrogens (tertiary/aromatic N) is 3. The van der Waals surface area contributed by atoms with Crippen LogP contribution in [-0.4, -0.2) is 20.9 Å². The van der Waals surface area contributed by atoms with Crippen molar-refractivity contribution in [3.63, 3.8) is 0 Å². The van der Waals surface area contributed by atoms with Gasteiger partial charge in [0.1, 0.15) is 0 Å². The van der Waals surface area contributed by atoms with E-state index in [2.05, 4.69) is 20.3 Å². The molecule has 0 radical (unpaired) electrons. The number of thiazole rings is 1. The normalized spacial score (nSPS) is 11.2. The van der Waals surface area contributed by atoms with E-state index in [1.54, 1.807) is 12.3 Å². The number of fused-ring (bicyclic) bond motifs is 1. The Morgan fingerprint density at radius 3 is 2.68 bits per heavy atom. The van der Waals surface area contributed by atoms with E-state index < -0.39 is 0 Å². The summed E-state index contributed by atoms with van der Waals surface area (Å²) in [5.74, 6) is -0.233. The third-order valence-corrected chi connectivity index (χ3v) is 4.12. The van der Waals surface area contributed by atoms with Gasteiger partial charge in [0.25, 0.3) is 0 Å². The molecule has 110 valence electrons. The maximum Gasteiger partial charge on any atom is 0.250 e. The summed E-state index contributed by atoms with van der Waals surface area (Å²) in [5.41, 5.74) is 3.21. The van der Waals surface area contributed by atoms with Gasteiger partial charge in [0.2, 0.25) is 5.91 Å². The van der Waals surface area contributed by atoms with Crippen molar-refractivity contribution in [2.24, 2.45) is 0 Å². The van der Waals surface area contributed by atoms with Gasteiger partial charge in [-0.15, -0.1) is 11.3 Å². The van der Waals surface area contributed by atoms with Crippen LogP contribution in [0.1, 0.15) is 16.3 Å². The third kappa shape index (κ3) is 3.17. The van der Waals surface area contributed by atoms with Gasteiger partial charge in [-0.05, 0) is 32.1 Å². The summed E-state index contributed by atoms with van der Waals surface area (Å²) >= 11 is 1.46. The number of hydrogen-bond acceptors (Lipinski definition) is 5. The lowest BCUT2D eigenvalue weighted by Crippen LogP contribution is -2.07. The van der Waals surface area contributed by atoms with Crippen molar-refractivity contribution in [3.8, 4) is 0 Å². The van der Waals surface area contributed by atoms with Crippen LogP contribution in [0.15, 0.2) is 36.5 Å². The topological polar surface area (TPSA) is 67.8 Å². The molecule has 0 aliphatic heterocycles. The minimum absolute atomic E-state index is 0.233. The van der Waals surface area contributed by atoms with E-state index in [9.17, 15) is 4.79 Å². The molecule has 0 aliphatic carbocycles. The highest BCUT2D eigenvalue weighted by Crippen LogP contribution is 2.21. The van der Waals surface area contributed by atoms with Crippen molar-refractivity contribution < 1.29 is 4.79 Å². The zero-order valence-electron chi connectivity index (χ0n) is 12.2. The van der Waals surface area contributed by atoms with Gasteiger partial charge in [-0.2, -0.15) is 0 Å². The summed E-state index contributed by atoms with van der Waals surface area (Å²) in [7, 11) is 0. The summed E-state index contributed by atoms with van der Waals surface area (Å²) < 4.78 is 0. The van der Waals surface area contributed by atoms with Gasteiger partial charge in [-0.1, -0.05) is 12.1 Å². The molecule has 0 atom stereocenters. The lowest BCUT2D eigenvalue weighted by atomic mass is 10.3. The van der Waals surface area contributed by atoms with E-state index >= 15 is 0 Å². The highest BCUT2D eigenvalue weighted by molar-refractivity contribution is 7.15. The van der Waals surface area contributed by atoms with E-state index in [0.29, 0.717) is 10.8 Å². The van der Waals surface area contributed by atoms with Gasteiger partial charge in [-0.3, -0.25) is 15.1 Å². The Hall–Kier alpha value is -2.60. The summed E-state index contributed by atoms with van der Waals surface area (Å²) in [5, 5.41) is 3.35. The first-order valence-corrected chi connectivity index (χ1v) is 7.58. The predicted octanol–water partition coefficient (Wildman–Crippen LogP) is 3.36. The second kappa shape index (κ2) is 6.03. The maximum atomic E-state index is 11.9. The van der Waals surface area contributed by atoms with E-state index in [1.165, 1.54) is 17.4 Å². The fraction of sp³-hybridized carbons (Fsp3) is 0.125. The Labute approximate surface area is 131 Å². The minimum atomic E-state index is -0.233. The lowest BCUT2D eigenvalue weighted by Gasteiger charge is -1.98. The van der Waals surface area contributed by atoms with Crippen molar-refractivity contribution in [2.45, 2.75) is 13.8 Å². The number of rotatable bonds is 3. The van der Waals surface area contributed by atoms with Gasteiger partial charge < -0.3 is 0 Å². The highest BCUT2D eigenvalue weighted by Gasteiger charge is 2.05. The Bertz CT molecular complexity index is 850. The van der Waals surface area contributed by atoms with Gasteiger partial charge in [0.15, 0.2) is 5.13 Å². The summed E-state index contributed by atoms with van der Waals surface area (Å²) in [6, 6.07) is 7.61. The lowest BCUT2D eigenvalue weighted by molar-refractivity contribution is -0.111. The highest BCUT2D eigenvalue weighted by atomic mass is 32.1. The average molecular weight is 310 g/mol. The number of aryl methyl sites for hydroxylation is 2. The minimum Gasteiger partial charge on any atom is -0.298 e. The molecule has 5 nitrogen and oxygen atoms in total. The first-order chi connectivity index (χ1) is 10.6. The fourth-order valence-electron chi connectivity index (χ4n) is 1.89. The molecule has 0 bridgehead atoms. The molecule has 1 N–H and O–H groups in total. The van der Waals surface area contributed by atoms with Crippen LogP contribution in [0, 0.1) is 13.8 Å². The molecule has 3 aromatic rings. The Kier molecular flexibility index (Phi) is 3.93. The molecule has 0 spiro atoms. The zero-order valence-corrected chi connectivity index (χ0v) is 13.0. The van der Waals surface area contributed by atoms with E-state index in [-0.39, 0.29) is 5.91 Å². The van der Waals surface area contributed by atoms with Crippen LogP contribution in [0.4, 0.5) is 5.13 Å². The number of para-hydroxylation sites is 2. The largest absolute Gasteiger partial charge is 0.298 e. The maximum absolute atomic E-state index is 11.9. The smallest absolute Gasteiger partial charge is 0.250 e. The number of carbonyl (C=O) groups excluding carboxylic acids is 1. The van der Waals surface area contributed by atoms with Gasteiger partial charge in [0.05, 0.1) is 28.6 Å². The van der Waals surface area contributed by atoms with E-state index in [4.69, 9.17) is 0 Å². The van der Waals surface area contributed by atoms with Crippen LogP contribution in [0.3, 0.4) is 0 Å². The molecule has 0 unspecified atom stereocenters. The van der Waals surface area contributed by atoms with Crippen molar-refractivity contribution in [2.75, 3.05) is 5.32 Å². The second-order valence-corrected chi connectivity index (χ2v) is 5.97. The molecule has 1 aromatic carbocycles. The van der Waals surface area contributed by atoms with Crippen molar-refractivity contribution in [1.29, 1.82) is 0 Å². The Morgan fingerprint density at radius 2 is 1.95 bits per heavy atom. The number of carbonyl (C=O) groups is 1. The van der Waals surface area contributed by atoms with Gasteiger partial charge in [0, 0.05) is 11.0 Å². The molecule has 1 amide bonds. The monoisotopic (exact) mass is 310 g/mol. The first kappa shape index (κ1) is 14.3. The number of benzene rings is 1. The molecule has 2 aromatic heterocycles. The van der Waals surface area contributed by atoms with E-state index in [0.717, 1.165) is 21.6 Å². The standard InChI is InChI=1S/C16H14N4OS/c1-10-11(2)22-16(18-10)20-15(21)8-7-12-9-17-13-5-3-4-6-14(13)19-12/h3-9H,1-2H3,(H,18,20,21)/b8-7+. The Balaban J connectivity index is 1.73. The van der Waals surface area contributed by atoms with Gasteiger partial charge in [-0.25, -0.2) is 9.97 Å². The summed E-state index contributed by atoms with van der Waals surface area (Å²) in [6.45, 7) is 3.89. The molecular weight excluding hydrogens is 296 g/mol. The number of anilines is 1. The van der Waals surface area contributed by atoms with Crippen LogP contribution in [-0.2, 0) is 4.79 Å².